The summed E-state index contributed by atoms with van der Waals surface area (Å²) in [4.78, 5) is 0. The first kappa shape index (κ1) is 13.7. The summed E-state index contributed by atoms with van der Waals surface area (Å²) < 4.78 is 24.3. The van der Waals surface area contributed by atoms with E-state index in [1.165, 1.54) is 6.07 Å². The number of nitrogens with two attached hydrogens (primary N) is 1. The molecule has 2 N–H and O–H groups in total. The van der Waals surface area contributed by atoms with Crippen molar-refractivity contribution in [3.8, 4) is 11.5 Å². The van der Waals surface area contributed by atoms with Gasteiger partial charge in [0.2, 0.25) is 0 Å². The van der Waals surface area contributed by atoms with Crippen LogP contribution in [0, 0.1) is 5.82 Å². The summed E-state index contributed by atoms with van der Waals surface area (Å²) in [6.07, 6.45) is 0. The van der Waals surface area contributed by atoms with Gasteiger partial charge in [-0.3, -0.25) is 0 Å². The lowest BCUT2D eigenvalue weighted by molar-refractivity contribution is 0.284. The van der Waals surface area contributed by atoms with Crippen LogP contribution < -0.4 is 15.2 Å². The fourth-order valence-electron chi connectivity index (χ4n) is 1.59. The van der Waals surface area contributed by atoms with E-state index in [2.05, 4.69) is 15.9 Å². The fourth-order valence-corrected chi connectivity index (χ4v) is 2.02. The van der Waals surface area contributed by atoms with Gasteiger partial charge in [-0.15, -0.1) is 0 Å². The Morgan fingerprint density at radius 3 is 2.63 bits per heavy atom. The van der Waals surface area contributed by atoms with Gasteiger partial charge in [0.15, 0.2) is 11.5 Å². The molecule has 0 unspecified atom stereocenters. The van der Waals surface area contributed by atoms with Gasteiger partial charge in [0.05, 0.1) is 11.6 Å². The van der Waals surface area contributed by atoms with E-state index in [0.717, 1.165) is 5.56 Å². The van der Waals surface area contributed by atoms with Gasteiger partial charge in [0, 0.05) is 11.8 Å². The average molecular weight is 326 g/mol. The Hall–Kier alpha value is -1.75. The Bertz CT molecular complexity index is 590. The third kappa shape index (κ3) is 3.38. The quantitative estimate of drug-likeness (QED) is 0.870. The maximum atomic E-state index is 13.1. The third-order valence-electron chi connectivity index (χ3n) is 2.57. The third-order valence-corrected chi connectivity index (χ3v) is 3.17. The van der Waals surface area contributed by atoms with Crippen LogP contribution in [0.5, 0.6) is 11.5 Å². The molecular weight excluding hydrogens is 313 g/mol. The first-order chi connectivity index (χ1) is 9.10. The molecule has 2 aromatic rings. The molecule has 0 aliphatic rings. The SMILES string of the molecule is COc1cc(N)ccc1OCc1ccc(F)c(Br)c1. The summed E-state index contributed by atoms with van der Waals surface area (Å²) >= 11 is 3.14. The molecule has 2 aromatic carbocycles. The zero-order chi connectivity index (χ0) is 13.8. The summed E-state index contributed by atoms with van der Waals surface area (Å²) in [6, 6.07) is 9.91. The predicted molar refractivity (Wildman–Crippen MR) is 75.8 cm³/mol. The lowest BCUT2D eigenvalue weighted by Gasteiger charge is -2.11. The molecule has 0 heterocycles. The maximum absolute atomic E-state index is 13.1. The second-order valence-electron chi connectivity index (χ2n) is 3.95. The van der Waals surface area contributed by atoms with E-state index in [9.17, 15) is 4.39 Å². The molecule has 0 aliphatic heterocycles. The van der Waals surface area contributed by atoms with E-state index in [1.54, 1.807) is 37.4 Å². The van der Waals surface area contributed by atoms with Crippen LogP contribution in [0.25, 0.3) is 0 Å². The normalized spacial score (nSPS) is 10.3. The van der Waals surface area contributed by atoms with Crippen molar-refractivity contribution >= 4 is 21.6 Å². The summed E-state index contributed by atoms with van der Waals surface area (Å²) in [5.74, 6) is 0.868. The summed E-state index contributed by atoms with van der Waals surface area (Å²) in [5, 5.41) is 0. The van der Waals surface area contributed by atoms with Crippen LogP contribution in [0.4, 0.5) is 10.1 Å². The average Bonchev–Trinajstić information content (AvgIpc) is 2.41. The minimum Gasteiger partial charge on any atom is -0.493 e. The molecule has 0 aliphatic carbocycles. The second-order valence-corrected chi connectivity index (χ2v) is 4.80. The highest BCUT2D eigenvalue weighted by Gasteiger charge is 2.06. The van der Waals surface area contributed by atoms with Gasteiger partial charge < -0.3 is 15.2 Å². The predicted octanol–water partition coefficient (Wildman–Crippen LogP) is 3.76. The molecule has 0 saturated carbocycles. The molecule has 0 fully saturated rings. The van der Waals surface area contributed by atoms with Crippen LogP contribution in [0.3, 0.4) is 0 Å². The van der Waals surface area contributed by atoms with E-state index in [4.69, 9.17) is 15.2 Å². The van der Waals surface area contributed by atoms with Crippen molar-refractivity contribution in [1.82, 2.24) is 0 Å². The Labute approximate surface area is 119 Å². The van der Waals surface area contributed by atoms with Crippen molar-refractivity contribution in [1.29, 1.82) is 0 Å². The van der Waals surface area contributed by atoms with E-state index in [1.807, 2.05) is 0 Å². The Balaban J connectivity index is 2.12. The van der Waals surface area contributed by atoms with Crippen molar-refractivity contribution in [3.63, 3.8) is 0 Å². The van der Waals surface area contributed by atoms with Crippen LogP contribution in [0.1, 0.15) is 5.56 Å². The Morgan fingerprint density at radius 2 is 1.95 bits per heavy atom. The molecule has 5 heteroatoms. The molecule has 0 saturated heterocycles. The number of ether oxygens (including phenoxy) is 2. The number of rotatable bonds is 4. The van der Waals surface area contributed by atoms with E-state index < -0.39 is 0 Å². The number of anilines is 1. The lowest BCUT2D eigenvalue weighted by Crippen LogP contribution is -1.99. The second kappa shape index (κ2) is 5.93. The number of methoxy groups -OCH3 is 1. The number of hydrogen-bond acceptors (Lipinski definition) is 3. The van der Waals surface area contributed by atoms with Gasteiger partial charge in [-0.05, 0) is 45.8 Å². The molecule has 0 aromatic heterocycles. The largest absolute Gasteiger partial charge is 0.493 e. The molecule has 2 rings (SSSR count). The van der Waals surface area contributed by atoms with Crippen LogP contribution in [-0.4, -0.2) is 7.11 Å². The number of hydrogen-bond donors (Lipinski definition) is 1. The first-order valence-corrected chi connectivity index (χ1v) is 6.39. The van der Waals surface area contributed by atoms with Gasteiger partial charge in [-0.1, -0.05) is 6.07 Å². The monoisotopic (exact) mass is 325 g/mol. The Morgan fingerprint density at radius 1 is 1.16 bits per heavy atom. The molecule has 0 amide bonds. The molecule has 0 spiro atoms. The molecule has 3 nitrogen and oxygen atoms in total. The summed E-state index contributed by atoms with van der Waals surface area (Å²) in [6.45, 7) is 0.319. The minimum absolute atomic E-state index is 0.297. The molecule has 0 bridgehead atoms. The highest BCUT2D eigenvalue weighted by Crippen LogP contribution is 2.30. The van der Waals surface area contributed by atoms with Gasteiger partial charge in [-0.25, -0.2) is 4.39 Å². The zero-order valence-electron chi connectivity index (χ0n) is 10.3. The van der Waals surface area contributed by atoms with Crippen LogP contribution in [0.15, 0.2) is 40.9 Å². The maximum Gasteiger partial charge on any atom is 0.162 e. The molecule has 19 heavy (non-hydrogen) atoms. The molecule has 100 valence electrons. The molecular formula is C14H13BrFNO2. The van der Waals surface area contributed by atoms with Crippen LogP contribution in [0.2, 0.25) is 0 Å². The van der Waals surface area contributed by atoms with E-state index in [-0.39, 0.29) is 5.82 Å². The van der Waals surface area contributed by atoms with Crippen molar-refractivity contribution < 1.29 is 13.9 Å². The van der Waals surface area contributed by atoms with Gasteiger partial charge in [0.1, 0.15) is 12.4 Å². The van der Waals surface area contributed by atoms with Crippen LogP contribution >= 0.6 is 15.9 Å². The van der Waals surface area contributed by atoms with Crippen molar-refractivity contribution in [2.45, 2.75) is 6.61 Å². The number of nitrogen functional groups attached to an aromatic ring is 1. The summed E-state index contributed by atoms with van der Waals surface area (Å²) in [7, 11) is 1.55. The fraction of sp³-hybridized carbons (Fsp3) is 0.143. The van der Waals surface area contributed by atoms with Crippen molar-refractivity contribution in [2.24, 2.45) is 0 Å². The van der Waals surface area contributed by atoms with Gasteiger partial charge >= 0.3 is 0 Å². The zero-order valence-corrected chi connectivity index (χ0v) is 11.9. The highest BCUT2D eigenvalue weighted by molar-refractivity contribution is 9.10. The van der Waals surface area contributed by atoms with Gasteiger partial charge in [0.25, 0.3) is 0 Å². The van der Waals surface area contributed by atoms with Crippen LogP contribution in [-0.2, 0) is 6.61 Å². The summed E-state index contributed by atoms with van der Waals surface area (Å²) in [5.41, 5.74) is 7.12. The van der Waals surface area contributed by atoms with Crippen molar-refractivity contribution in [2.75, 3.05) is 12.8 Å². The van der Waals surface area contributed by atoms with E-state index >= 15 is 0 Å². The smallest absolute Gasteiger partial charge is 0.162 e. The van der Waals surface area contributed by atoms with E-state index in [0.29, 0.717) is 28.3 Å². The molecule has 0 atom stereocenters. The standard InChI is InChI=1S/C14H13BrFNO2/c1-18-14-7-10(17)3-5-13(14)19-8-9-2-4-12(16)11(15)6-9/h2-7H,8,17H2,1H3. The van der Waals surface area contributed by atoms with Crippen molar-refractivity contribution in [3.05, 3.63) is 52.3 Å². The van der Waals surface area contributed by atoms with Gasteiger partial charge in [-0.2, -0.15) is 0 Å². The number of halogens is 2. The minimum atomic E-state index is -0.297. The lowest BCUT2D eigenvalue weighted by atomic mass is 10.2. The highest BCUT2D eigenvalue weighted by atomic mass is 79.9. The topological polar surface area (TPSA) is 44.5 Å². The number of benzene rings is 2. The first-order valence-electron chi connectivity index (χ1n) is 5.60. The Kier molecular flexibility index (Phi) is 4.27. The molecule has 0 radical (unpaired) electrons.